The van der Waals surface area contributed by atoms with Crippen LogP contribution in [0.25, 0.3) is 0 Å². The van der Waals surface area contributed by atoms with Crippen molar-refractivity contribution in [3.8, 4) is 0 Å². The second-order valence-electron chi connectivity index (χ2n) is 7.93. The van der Waals surface area contributed by atoms with Gasteiger partial charge >= 0.3 is 5.97 Å². The number of amides is 2. The van der Waals surface area contributed by atoms with E-state index >= 15 is 0 Å². The van der Waals surface area contributed by atoms with Crippen molar-refractivity contribution in [3.05, 3.63) is 0 Å². The first-order valence-corrected chi connectivity index (χ1v) is 9.64. The predicted octanol–water partition coefficient (Wildman–Crippen LogP) is 2.42. The highest BCUT2D eigenvalue weighted by Crippen LogP contribution is 2.29. The monoisotopic (exact) mass is 352 g/mol. The molecule has 2 N–H and O–H groups in total. The molecular weight excluding hydrogens is 320 g/mol. The predicted molar refractivity (Wildman–Crippen MR) is 94.9 cm³/mol. The lowest BCUT2D eigenvalue weighted by Crippen LogP contribution is -2.42. The lowest BCUT2D eigenvalue weighted by Gasteiger charge is -2.31. The minimum atomic E-state index is -0.881. The van der Waals surface area contributed by atoms with Crippen molar-refractivity contribution in [3.63, 3.8) is 0 Å². The topological polar surface area (TPSA) is 86.7 Å². The summed E-state index contributed by atoms with van der Waals surface area (Å²) in [5.41, 5.74) is 0. The fourth-order valence-electron chi connectivity index (χ4n) is 4.14. The molecule has 6 nitrogen and oxygen atoms in total. The summed E-state index contributed by atoms with van der Waals surface area (Å²) < 4.78 is 0. The number of carbonyl (C=O) groups excluding carboxylic acids is 2. The van der Waals surface area contributed by atoms with E-state index in [1.54, 1.807) is 18.9 Å². The summed E-state index contributed by atoms with van der Waals surface area (Å²) in [6.45, 7) is 1.86. The van der Waals surface area contributed by atoms with Crippen LogP contribution in [0, 0.1) is 17.8 Å². The molecule has 2 saturated carbocycles. The largest absolute Gasteiger partial charge is 0.481 e. The van der Waals surface area contributed by atoms with Crippen LogP contribution >= 0.6 is 0 Å². The molecule has 2 amide bonds. The second-order valence-corrected chi connectivity index (χ2v) is 7.93. The van der Waals surface area contributed by atoms with Gasteiger partial charge < -0.3 is 15.3 Å². The van der Waals surface area contributed by atoms with Crippen LogP contribution in [0.4, 0.5) is 0 Å². The summed E-state index contributed by atoms with van der Waals surface area (Å²) in [4.78, 5) is 37.1. The van der Waals surface area contributed by atoms with Gasteiger partial charge in [-0.1, -0.05) is 19.8 Å². The van der Waals surface area contributed by atoms with E-state index in [0.717, 1.165) is 25.7 Å². The minimum Gasteiger partial charge on any atom is -0.481 e. The molecule has 6 heteroatoms. The van der Waals surface area contributed by atoms with Crippen molar-refractivity contribution in [1.82, 2.24) is 10.2 Å². The molecule has 0 aromatic heterocycles. The fraction of sp³-hybridized carbons (Fsp3) is 0.842. The highest BCUT2D eigenvalue weighted by molar-refractivity contribution is 5.80. The normalized spacial score (nSPS) is 25.4. The smallest absolute Gasteiger partial charge is 0.308 e. The number of carboxylic acid groups (broad SMARTS) is 1. The molecule has 2 aliphatic carbocycles. The summed E-state index contributed by atoms with van der Waals surface area (Å²) in [6, 6.07) is 0.182. The van der Waals surface area contributed by atoms with Crippen LogP contribution < -0.4 is 5.32 Å². The lowest BCUT2D eigenvalue weighted by molar-refractivity contribution is -0.143. The fourth-order valence-corrected chi connectivity index (χ4v) is 4.14. The van der Waals surface area contributed by atoms with Crippen LogP contribution in [0.15, 0.2) is 0 Å². The van der Waals surface area contributed by atoms with E-state index in [2.05, 4.69) is 5.32 Å². The molecule has 1 unspecified atom stereocenters. The van der Waals surface area contributed by atoms with Crippen LogP contribution in [0.5, 0.6) is 0 Å². The van der Waals surface area contributed by atoms with Crippen LogP contribution in [-0.4, -0.2) is 47.4 Å². The van der Waals surface area contributed by atoms with Gasteiger partial charge in [0.05, 0.1) is 5.92 Å². The van der Waals surface area contributed by atoms with Crippen molar-refractivity contribution in [1.29, 1.82) is 0 Å². The highest BCUT2D eigenvalue weighted by Gasteiger charge is 2.30. The Bertz CT molecular complexity index is 480. The molecule has 0 radical (unpaired) electrons. The van der Waals surface area contributed by atoms with Crippen LogP contribution in [0.1, 0.15) is 64.7 Å². The van der Waals surface area contributed by atoms with E-state index in [0.29, 0.717) is 12.3 Å². The van der Waals surface area contributed by atoms with E-state index < -0.39 is 11.9 Å². The van der Waals surface area contributed by atoms with E-state index in [1.165, 1.54) is 25.7 Å². The Hall–Kier alpha value is -1.59. The molecule has 0 saturated heterocycles. The van der Waals surface area contributed by atoms with Crippen molar-refractivity contribution in [2.24, 2.45) is 17.8 Å². The van der Waals surface area contributed by atoms with Crippen molar-refractivity contribution in [2.75, 3.05) is 13.6 Å². The maximum atomic E-state index is 12.5. The number of carboxylic acids is 1. The van der Waals surface area contributed by atoms with Crippen molar-refractivity contribution < 1.29 is 19.5 Å². The van der Waals surface area contributed by atoms with E-state index in [9.17, 15) is 14.4 Å². The number of nitrogens with zero attached hydrogens (tertiary/aromatic N) is 1. The number of nitrogens with one attached hydrogen (secondary N) is 1. The number of hydrogen-bond acceptors (Lipinski definition) is 3. The van der Waals surface area contributed by atoms with Crippen molar-refractivity contribution >= 4 is 17.8 Å². The Balaban J connectivity index is 1.70. The first-order valence-electron chi connectivity index (χ1n) is 9.64. The molecule has 0 heterocycles. The van der Waals surface area contributed by atoms with E-state index in [4.69, 9.17) is 5.11 Å². The van der Waals surface area contributed by atoms with Gasteiger partial charge in [-0.05, 0) is 44.4 Å². The van der Waals surface area contributed by atoms with Gasteiger partial charge in [0.25, 0.3) is 0 Å². The van der Waals surface area contributed by atoms with E-state index in [1.807, 2.05) is 0 Å². The molecule has 0 aliphatic heterocycles. The molecule has 2 rings (SSSR count). The molecule has 25 heavy (non-hydrogen) atoms. The van der Waals surface area contributed by atoms with Crippen LogP contribution in [-0.2, 0) is 14.4 Å². The van der Waals surface area contributed by atoms with Gasteiger partial charge in [-0.2, -0.15) is 0 Å². The zero-order valence-electron chi connectivity index (χ0n) is 15.5. The van der Waals surface area contributed by atoms with Crippen LogP contribution in [0.2, 0.25) is 0 Å². The Morgan fingerprint density at radius 1 is 1.08 bits per heavy atom. The molecule has 1 atom stereocenters. The number of carbonyl (C=O) groups is 3. The molecule has 142 valence electrons. The third-order valence-corrected chi connectivity index (χ3v) is 5.74. The Kier molecular flexibility index (Phi) is 7.26. The molecular formula is C19H32N2O4. The lowest BCUT2D eigenvalue weighted by atomic mass is 9.85. The highest BCUT2D eigenvalue weighted by atomic mass is 16.4. The summed E-state index contributed by atoms with van der Waals surface area (Å²) in [7, 11) is 1.68. The Morgan fingerprint density at radius 3 is 2.24 bits per heavy atom. The zero-order chi connectivity index (χ0) is 18.4. The summed E-state index contributed by atoms with van der Waals surface area (Å²) in [5.74, 6) is -0.733. The van der Waals surface area contributed by atoms with Crippen molar-refractivity contribution in [2.45, 2.75) is 70.8 Å². The van der Waals surface area contributed by atoms with Gasteiger partial charge in [0.2, 0.25) is 11.8 Å². The molecule has 2 aliphatic rings. The average Bonchev–Trinajstić information content (AvgIpc) is 3.07. The molecule has 2 fully saturated rings. The van der Waals surface area contributed by atoms with Gasteiger partial charge in [0.15, 0.2) is 0 Å². The standard InChI is InChI=1S/C19H32N2O4/c1-13(19(24)25)12-21(2)18(23)15-7-9-16(10-8-15)20-17(22)11-14-5-3-4-6-14/h13-16H,3-12H2,1-2H3,(H,20,22)(H,24,25). The third-order valence-electron chi connectivity index (χ3n) is 5.74. The van der Waals surface area contributed by atoms with Gasteiger partial charge in [-0.25, -0.2) is 0 Å². The first kappa shape index (κ1) is 19.7. The average molecular weight is 352 g/mol. The number of aliphatic carboxylic acids is 1. The molecule has 0 spiro atoms. The maximum absolute atomic E-state index is 12.5. The minimum absolute atomic E-state index is 0.0313. The number of hydrogen-bond donors (Lipinski definition) is 2. The molecule has 0 aromatic rings. The van der Waals surface area contributed by atoms with Gasteiger partial charge in [-0.3, -0.25) is 14.4 Å². The quantitative estimate of drug-likeness (QED) is 0.737. The SMILES string of the molecule is CC(CN(C)C(=O)C1CCC(NC(=O)CC2CCCC2)CC1)C(=O)O. The van der Waals surface area contributed by atoms with Gasteiger partial charge in [-0.15, -0.1) is 0 Å². The molecule has 0 bridgehead atoms. The summed E-state index contributed by atoms with van der Waals surface area (Å²) >= 11 is 0. The zero-order valence-corrected chi connectivity index (χ0v) is 15.5. The first-order chi connectivity index (χ1) is 11.9. The second kappa shape index (κ2) is 9.20. The Morgan fingerprint density at radius 2 is 1.68 bits per heavy atom. The van der Waals surface area contributed by atoms with E-state index in [-0.39, 0.29) is 30.3 Å². The van der Waals surface area contributed by atoms with Gasteiger partial charge in [0.1, 0.15) is 0 Å². The summed E-state index contributed by atoms with van der Waals surface area (Å²) in [6.07, 6.45) is 8.68. The van der Waals surface area contributed by atoms with Gasteiger partial charge in [0, 0.05) is 32.0 Å². The number of rotatable bonds is 7. The van der Waals surface area contributed by atoms with Crippen LogP contribution in [0.3, 0.4) is 0 Å². The maximum Gasteiger partial charge on any atom is 0.308 e. The summed E-state index contributed by atoms with van der Waals surface area (Å²) in [5, 5.41) is 12.1. The Labute approximate surface area is 150 Å². The third kappa shape index (κ3) is 6.01. The molecule has 0 aromatic carbocycles.